The molecule has 0 radical (unpaired) electrons. The van der Waals surface area contributed by atoms with Gasteiger partial charge in [0.25, 0.3) is 11.6 Å². The number of aromatic nitrogens is 1. The summed E-state index contributed by atoms with van der Waals surface area (Å²) in [5.74, 6) is -1.40. The van der Waals surface area contributed by atoms with Gasteiger partial charge in [-0.3, -0.25) is 19.7 Å². The molecule has 0 spiro atoms. The Labute approximate surface area is 121 Å². The average molecular weight is 297 g/mol. The molecular formula is C13H19N3O5. The van der Waals surface area contributed by atoms with E-state index in [0.717, 1.165) is 0 Å². The van der Waals surface area contributed by atoms with Crippen LogP contribution in [0.2, 0.25) is 0 Å². The maximum absolute atomic E-state index is 12.2. The van der Waals surface area contributed by atoms with Gasteiger partial charge in [0.2, 0.25) is 0 Å². The van der Waals surface area contributed by atoms with Crippen LogP contribution in [0.4, 0.5) is 5.69 Å². The molecule has 0 aromatic carbocycles. The molecule has 0 saturated carbocycles. The van der Waals surface area contributed by atoms with Crippen molar-refractivity contribution >= 4 is 17.6 Å². The van der Waals surface area contributed by atoms with Gasteiger partial charge in [0.05, 0.1) is 11.1 Å². The third-order valence-electron chi connectivity index (χ3n) is 3.08. The van der Waals surface area contributed by atoms with Gasteiger partial charge in [-0.1, -0.05) is 0 Å². The average Bonchev–Trinajstić information content (AvgIpc) is 2.80. The monoisotopic (exact) mass is 297 g/mol. The van der Waals surface area contributed by atoms with E-state index in [0.29, 0.717) is 6.54 Å². The normalized spacial score (nSPS) is 11.2. The van der Waals surface area contributed by atoms with E-state index in [2.05, 4.69) is 5.32 Å². The fraction of sp³-hybridized carbons (Fsp3) is 0.538. The van der Waals surface area contributed by atoms with Crippen LogP contribution < -0.4 is 5.32 Å². The second-order valence-corrected chi connectivity index (χ2v) is 5.36. The maximum atomic E-state index is 12.2. The minimum atomic E-state index is -0.940. The van der Waals surface area contributed by atoms with Crippen LogP contribution >= 0.6 is 0 Å². The van der Waals surface area contributed by atoms with Crippen molar-refractivity contribution in [1.29, 1.82) is 0 Å². The van der Waals surface area contributed by atoms with Crippen LogP contribution in [0.3, 0.4) is 0 Å². The standard InChI is InChI=1S/C13H19N3O5/c1-4-15-8-9(16(20)21)7-10(15)12(19)14-13(2,3)6-5-11(17)18/h7-8H,4-6H2,1-3H3,(H,14,19)(H,17,18). The number of carboxylic acid groups (broad SMARTS) is 1. The van der Waals surface area contributed by atoms with Crippen LogP contribution in [0, 0.1) is 10.1 Å². The van der Waals surface area contributed by atoms with E-state index in [1.807, 2.05) is 0 Å². The zero-order valence-corrected chi connectivity index (χ0v) is 12.3. The lowest BCUT2D eigenvalue weighted by Gasteiger charge is -2.25. The fourth-order valence-corrected chi connectivity index (χ4v) is 1.90. The predicted octanol–water partition coefficient (Wildman–Crippen LogP) is 1.79. The summed E-state index contributed by atoms with van der Waals surface area (Å²) in [4.78, 5) is 33.0. The topological polar surface area (TPSA) is 114 Å². The lowest BCUT2D eigenvalue weighted by molar-refractivity contribution is -0.384. The van der Waals surface area contributed by atoms with Crippen molar-refractivity contribution in [1.82, 2.24) is 9.88 Å². The number of carbonyl (C=O) groups is 2. The van der Waals surface area contributed by atoms with Crippen molar-refractivity contribution < 1.29 is 19.6 Å². The van der Waals surface area contributed by atoms with Crippen molar-refractivity contribution in [2.45, 2.75) is 45.7 Å². The summed E-state index contributed by atoms with van der Waals surface area (Å²) in [5.41, 5.74) is -0.675. The number of aryl methyl sites for hydroxylation is 1. The first-order valence-electron chi connectivity index (χ1n) is 6.55. The van der Waals surface area contributed by atoms with Gasteiger partial charge in [-0.05, 0) is 27.2 Å². The van der Waals surface area contributed by atoms with Gasteiger partial charge in [-0.2, -0.15) is 0 Å². The van der Waals surface area contributed by atoms with Crippen LogP contribution in [0.25, 0.3) is 0 Å². The molecule has 8 heteroatoms. The quantitative estimate of drug-likeness (QED) is 0.588. The number of rotatable bonds is 7. The van der Waals surface area contributed by atoms with Gasteiger partial charge in [0, 0.05) is 24.6 Å². The molecule has 1 rings (SSSR count). The molecule has 0 unspecified atom stereocenters. The first kappa shape index (κ1) is 16.7. The number of nitrogens with zero attached hydrogens (tertiary/aromatic N) is 2. The smallest absolute Gasteiger partial charge is 0.303 e. The molecule has 0 aliphatic heterocycles. The number of carbonyl (C=O) groups excluding carboxylic acids is 1. The van der Waals surface area contributed by atoms with E-state index < -0.39 is 22.3 Å². The Hall–Kier alpha value is -2.38. The minimum Gasteiger partial charge on any atom is -0.481 e. The van der Waals surface area contributed by atoms with Gasteiger partial charge in [-0.15, -0.1) is 0 Å². The van der Waals surface area contributed by atoms with E-state index in [1.165, 1.54) is 16.8 Å². The van der Waals surface area contributed by atoms with Gasteiger partial charge in [0.15, 0.2) is 0 Å². The lowest BCUT2D eigenvalue weighted by atomic mass is 9.98. The van der Waals surface area contributed by atoms with E-state index in [1.54, 1.807) is 20.8 Å². The van der Waals surface area contributed by atoms with Crippen LogP contribution in [-0.2, 0) is 11.3 Å². The molecule has 1 amide bonds. The number of nitro groups is 1. The summed E-state index contributed by atoms with van der Waals surface area (Å²) in [5, 5.41) is 22.2. The lowest BCUT2D eigenvalue weighted by Crippen LogP contribution is -2.44. The fourth-order valence-electron chi connectivity index (χ4n) is 1.90. The predicted molar refractivity (Wildman–Crippen MR) is 75.2 cm³/mol. The summed E-state index contributed by atoms with van der Waals surface area (Å²) in [6.07, 6.45) is 1.50. The molecule has 8 nitrogen and oxygen atoms in total. The van der Waals surface area contributed by atoms with Gasteiger partial charge >= 0.3 is 5.97 Å². The minimum absolute atomic E-state index is 0.0672. The molecule has 0 aliphatic rings. The van der Waals surface area contributed by atoms with E-state index >= 15 is 0 Å². The highest BCUT2D eigenvalue weighted by molar-refractivity contribution is 5.94. The van der Waals surface area contributed by atoms with Crippen LogP contribution in [0.5, 0.6) is 0 Å². The summed E-state index contributed by atoms with van der Waals surface area (Å²) >= 11 is 0. The highest BCUT2D eigenvalue weighted by Crippen LogP contribution is 2.18. The van der Waals surface area contributed by atoms with Crippen molar-refractivity contribution in [3.63, 3.8) is 0 Å². The van der Waals surface area contributed by atoms with Crippen molar-refractivity contribution in [2.75, 3.05) is 0 Å². The largest absolute Gasteiger partial charge is 0.481 e. The van der Waals surface area contributed by atoms with Crippen molar-refractivity contribution in [3.05, 3.63) is 28.1 Å². The Bertz CT molecular complexity index is 562. The molecule has 0 fully saturated rings. The van der Waals surface area contributed by atoms with Crippen molar-refractivity contribution in [3.8, 4) is 0 Å². The first-order valence-corrected chi connectivity index (χ1v) is 6.55. The van der Waals surface area contributed by atoms with Gasteiger partial charge < -0.3 is 15.0 Å². The Morgan fingerprint density at radius 1 is 1.48 bits per heavy atom. The third-order valence-corrected chi connectivity index (χ3v) is 3.08. The number of hydrogen-bond acceptors (Lipinski definition) is 4. The maximum Gasteiger partial charge on any atom is 0.303 e. The van der Waals surface area contributed by atoms with Gasteiger partial charge in [0.1, 0.15) is 5.69 Å². The molecule has 116 valence electrons. The molecule has 21 heavy (non-hydrogen) atoms. The number of amides is 1. The first-order chi connectivity index (χ1) is 9.66. The summed E-state index contributed by atoms with van der Waals surface area (Å²) in [6.45, 7) is 5.62. The molecule has 0 aliphatic carbocycles. The Kier molecular flexibility index (Phi) is 5.07. The molecule has 1 aromatic heterocycles. The Balaban J connectivity index is 2.88. The SMILES string of the molecule is CCn1cc([N+](=O)[O-])cc1C(=O)NC(C)(C)CCC(=O)O. The third kappa shape index (κ3) is 4.59. The van der Waals surface area contributed by atoms with Crippen LogP contribution in [0.1, 0.15) is 44.1 Å². The molecule has 0 atom stereocenters. The number of nitrogens with one attached hydrogen (secondary N) is 1. The summed E-state index contributed by atoms with van der Waals surface area (Å²) < 4.78 is 1.49. The van der Waals surface area contributed by atoms with E-state index in [-0.39, 0.29) is 24.2 Å². The van der Waals surface area contributed by atoms with Crippen LogP contribution in [-0.4, -0.2) is 32.0 Å². The molecule has 2 N–H and O–H groups in total. The molecule has 0 saturated heterocycles. The summed E-state index contributed by atoms with van der Waals surface area (Å²) in [6, 6.07) is 1.21. The Morgan fingerprint density at radius 3 is 2.57 bits per heavy atom. The van der Waals surface area contributed by atoms with Crippen LogP contribution in [0.15, 0.2) is 12.3 Å². The highest BCUT2D eigenvalue weighted by atomic mass is 16.6. The Morgan fingerprint density at radius 2 is 2.10 bits per heavy atom. The van der Waals surface area contributed by atoms with Crippen molar-refractivity contribution in [2.24, 2.45) is 0 Å². The number of carboxylic acids is 1. The molecule has 1 aromatic rings. The molecular weight excluding hydrogens is 278 g/mol. The zero-order valence-electron chi connectivity index (χ0n) is 12.3. The second kappa shape index (κ2) is 6.38. The zero-order chi connectivity index (χ0) is 16.2. The second-order valence-electron chi connectivity index (χ2n) is 5.36. The highest BCUT2D eigenvalue weighted by Gasteiger charge is 2.25. The van der Waals surface area contributed by atoms with E-state index in [9.17, 15) is 19.7 Å². The van der Waals surface area contributed by atoms with E-state index in [4.69, 9.17) is 5.11 Å². The molecule has 1 heterocycles. The summed E-state index contributed by atoms with van der Waals surface area (Å²) in [7, 11) is 0. The van der Waals surface area contributed by atoms with Gasteiger partial charge in [-0.25, -0.2) is 0 Å². The molecule has 0 bridgehead atoms. The number of hydrogen-bond donors (Lipinski definition) is 2. The number of aliphatic carboxylic acids is 1.